The highest BCUT2D eigenvalue weighted by molar-refractivity contribution is 7.14. The van der Waals surface area contributed by atoms with E-state index in [4.69, 9.17) is 11.6 Å². The van der Waals surface area contributed by atoms with Crippen molar-refractivity contribution in [3.8, 4) is 0 Å². The Morgan fingerprint density at radius 1 is 1.25 bits per heavy atom. The van der Waals surface area contributed by atoms with Gasteiger partial charge in [-0.05, 0) is 42.8 Å². The van der Waals surface area contributed by atoms with Crippen molar-refractivity contribution in [1.29, 1.82) is 0 Å². The van der Waals surface area contributed by atoms with Gasteiger partial charge in [-0.3, -0.25) is 9.59 Å². The van der Waals surface area contributed by atoms with Gasteiger partial charge in [-0.25, -0.2) is 0 Å². The molecule has 0 aliphatic heterocycles. The molecule has 3 nitrogen and oxygen atoms in total. The second kappa shape index (κ2) is 6.20. The molecule has 0 radical (unpaired) electrons. The molecule has 0 saturated heterocycles. The molecule has 0 spiro atoms. The molecule has 0 saturated carbocycles. The zero-order chi connectivity index (χ0) is 14.7. The van der Waals surface area contributed by atoms with E-state index in [1.54, 1.807) is 30.3 Å². The van der Waals surface area contributed by atoms with E-state index in [9.17, 15) is 9.59 Å². The predicted molar refractivity (Wildman–Crippen MR) is 79.7 cm³/mol. The van der Waals surface area contributed by atoms with Crippen LogP contribution in [0.2, 0.25) is 5.02 Å². The van der Waals surface area contributed by atoms with Crippen molar-refractivity contribution in [3.05, 3.63) is 56.2 Å². The summed E-state index contributed by atoms with van der Waals surface area (Å²) in [5.41, 5.74) is 1.49. The van der Waals surface area contributed by atoms with Gasteiger partial charge in [0, 0.05) is 15.5 Å². The lowest BCUT2D eigenvalue weighted by molar-refractivity contribution is -0.139. The lowest BCUT2D eigenvalue weighted by Crippen LogP contribution is -2.02. The first kappa shape index (κ1) is 14.8. The first-order chi connectivity index (χ1) is 9.49. The van der Waals surface area contributed by atoms with Gasteiger partial charge in [0.15, 0.2) is 0 Å². The number of thiophene rings is 1. The Labute approximate surface area is 126 Å². The Morgan fingerprint density at radius 2 is 2.00 bits per heavy atom. The van der Waals surface area contributed by atoms with Crippen LogP contribution in [0.15, 0.2) is 30.3 Å². The van der Waals surface area contributed by atoms with Crippen molar-refractivity contribution in [1.82, 2.24) is 0 Å². The number of rotatable bonds is 4. The van der Waals surface area contributed by atoms with Crippen LogP contribution < -0.4 is 0 Å². The summed E-state index contributed by atoms with van der Waals surface area (Å²) in [7, 11) is 1.34. The van der Waals surface area contributed by atoms with E-state index in [0.29, 0.717) is 15.5 Å². The summed E-state index contributed by atoms with van der Waals surface area (Å²) in [6, 6.07) is 8.74. The van der Waals surface area contributed by atoms with Crippen LogP contribution in [0.4, 0.5) is 0 Å². The van der Waals surface area contributed by atoms with E-state index < -0.39 is 0 Å². The first-order valence-electron chi connectivity index (χ1n) is 5.97. The molecule has 0 aliphatic rings. The predicted octanol–water partition coefficient (Wildman–Crippen LogP) is 3.66. The summed E-state index contributed by atoms with van der Waals surface area (Å²) in [5, 5.41) is 0.541. The maximum Gasteiger partial charge on any atom is 0.310 e. The number of hydrogen-bond donors (Lipinski definition) is 0. The summed E-state index contributed by atoms with van der Waals surface area (Å²) in [6.07, 6.45) is 0.184. The molecule has 0 atom stereocenters. The van der Waals surface area contributed by atoms with Gasteiger partial charge in [-0.15, -0.1) is 11.3 Å². The molecule has 1 aromatic heterocycles. The molecule has 0 N–H and O–H groups in total. The lowest BCUT2D eigenvalue weighted by Gasteiger charge is -2.01. The summed E-state index contributed by atoms with van der Waals surface area (Å²) >= 11 is 7.26. The number of carbonyl (C=O) groups is 2. The number of aryl methyl sites for hydroxylation is 1. The Bertz CT molecular complexity index is 641. The van der Waals surface area contributed by atoms with Crippen LogP contribution in [-0.2, 0) is 16.0 Å². The van der Waals surface area contributed by atoms with Gasteiger partial charge < -0.3 is 4.74 Å². The molecular formula is C15H13ClO3S. The van der Waals surface area contributed by atoms with Crippen LogP contribution in [0.5, 0.6) is 0 Å². The van der Waals surface area contributed by atoms with Crippen molar-refractivity contribution in [2.24, 2.45) is 0 Å². The van der Waals surface area contributed by atoms with Gasteiger partial charge >= 0.3 is 5.97 Å². The normalized spacial score (nSPS) is 10.3. The number of hydrogen-bond acceptors (Lipinski definition) is 4. The number of halogens is 1. The fourth-order valence-corrected chi connectivity index (χ4v) is 3.06. The Kier molecular flexibility index (Phi) is 4.57. The van der Waals surface area contributed by atoms with Crippen molar-refractivity contribution in [2.45, 2.75) is 13.3 Å². The second-order valence-corrected chi connectivity index (χ2v) is 5.97. The number of methoxy groups -OCH3 is 1. The van der Waals surface area contributed by atoms with Crippen LogP contribution in [-0.4, -0.2) is 18.9 Å². The zero-order valence-electron chi connectivity index (χ0n) is 11.1. The molecule has 1 heterocycles. The quantitative estimate of drug-likeness (QED) is 0.639. The van der Waals surface area contributed by atoms with E-state index in [0.717, 1.165) is 10.4 Å². The Balaban J connectivity index is 2.23. The van der Waals surface area contributed by atoms with Crippen LogP contribution >= 0.6 is 22.9 Å². The molecule has 0 aliphatic carbocycles. The van der Waals surface area contributed by atoms with Crippen molar-refractivity contribution >= 4 is 34.7 Å². The summed E-state index contributed by atoms with van der Waals surface area (Å²) in [6.45, 7) is 1.89. The number of carbonyl (C=O) groups excluding carboxylic acids is 2. The van der Waals surface area contributed by atoms with Gasteiger partial charge in [0.2, 0.25) is 5.78 Å². The fraction of sp³-hybridized carbons (Fsp3) is 0.200. The minimum atomic E-state index is -0.315. The van der Waals surface area contributed by atoms with Gasteiger partial charge in [0.1, 0.15) is 0 Å². The second-order valence-electron chi connectivity index (χ2n) is 4.37. The molecule has 1 aromatic carbocycles. The highest BCUT2D eigenvalue weighted by Gasteiger charge is 2.14. The summed E-state index contributed by atoms with van der Waals surface area (Å²) in [4.78, 5) is 24.9. The lowest BCUT2D eigenvalue weighted by atomic mass is 10.1. The molecule has 5 heteroatoms. The van der Waals surface area contributed by atoms with Gasteiger partial charge in [0.05, 0.1) is 18.4 Å². The van der Waals surface area contributed by atoms with E-state index in [1.807, 2.05) is 6.92 Å². The third-order valence-electron chi connectivity index (χ3n) is 2.74. The molecule has 2 aromatic rings. The molecule has 104 valence electrons. The van der Waals surface area contributed by atoms with E-state index in [1.165, 1.54) is 18.4 Å². The first-order valence-corrected chi connectivity index (χ1v) is 7.16. The van der Waals surface area contributed by atoms with Crippen LogP contribution in [0.1, 0.15) is 25.7 Å². The highest BCUT2D eigenvalue weighted by atomic mass is 35.5. The monoisotopic (exact) mass is 308 g/mol. The topological polar surface area (TPSA) is 43.4 Å². The zero-order valence-corrected chi connectivity index (χ0v) is 12.7. The van der Waals surface area contributed by atoms with Gasteiger partial charge in [-0.2, -0.15) is 0 Å². The standard InChI is InChI=1S/C15H13ClO3S/c1-9-5-10(7-11(16)6-9)15(18)13-4-3-12(20-13)8-14(17)19-2/h3-7H,8H2,1-2H3. The van der Waals surface area contributed by atoms with E-state index >= 15 is 0 Å². The molecule has 2 rings (SSSR count). The minimum Gasteiger partial charge on any atom is -0.469 e. The van der Waals surface area contributed by atoms with E-state index in [2.05, 4.69) is 4.74 Å². The average molecular weight is 309 g/mol. The number of ketones is 1. The van der Waals surface area contributed by atoms with Crippen molar-refractivity contribution in [2.75, 3.05) is 7.11 Å². The Hall–Kier alpha value is -1.65. The Morgan fingerprint density at radius 3 is 2.65 bits per heavy atom. The number of ether oxygens (including phenoxy) is 1. The van der Waals surface area contributed by atoms with Gasteiger partial charge in [-0.1, -0.05) is 11.6 Å². The van der Waals surface area contributed by atoms with Crippen LogP contribution in [0.3, 0.4) is 0 Å². The maximum atomic E-state index is 12.4. The maximum absolute atomic E-state index is 12.4. The molecule has 0 unspecified atom stereocenters. The summed E-state index contributed by atoms with van der Waals surface area (Å²) in [5.74, 6) is -0.402. The summed E-state index contributed by atoms with van der Waals surface area (Å²) < 4.78 is 4.61. The van der Waals surface area contributed by atoms with Crippen molar-refractivity contribution in [3.63, 3.8) is 0 Å². The van der Waals surface area contributed by atoms with Crippen LogP contribution in [0.25, 0.3) is 0 Å². The van der Waals surface area contributed by atoms with Gasteiger partial charge in [0.25, 0.3) is 0 Å². The molecule has 0 amide bonds. The SMILES string of the molecule is COC(=O)Cc1ccc(C(=O)c2cc(C)cc(Cl)c2)s1. The molecule has 20 heavy (non-hydrogen) atoms. The highest BCUT2D eigenvalue weighted by Crippen LogP contribution is 2.23. The van der Waals surface area contributed by atoms with Crippen LogP contribution in [0, 0.1) is 6.92 Å². The van der Waals surface area contributed by atoms with Crippen molar-refractivity contribution < 1.29 is 14.3 Å². The fourth-order valence-electron chi connectivity index (χ4n) is 1.82. The smallest absolute Gasteiger partial charge is 0.310 e. The van der Waals surface area contributed by atoms with E-state index in [-0.39, 0.29) is 18.2 Å². The third kappa shape index (κ3) is 3.46. The number of benzene rings is 1. The third-order valence-corrected chi connectivity index (χ3v) is 4.04. The molecule has 0 bridgehead atoms. The molecular weight excluding hydrogens is 296 g/mol. The average Bonchev–Trinajstić information content (AvgIpc) is 2.85. The number of esters is 1. The minimum absolute atomic E-state index is 0.0864. The molecule has 0 fully saturated rings. The largest absolute Gasteiger partial charge is 0.469 e.